The molecule has 0 aliphatic heterocycles. The average molecular weight is 835 g/mol. The summed E-state index contributed by atoms with van der Waals surface area (Å²) >= 11 is 0. The van der Waals surface area contributed by atoms with Gasteiger partial charge in [0.25, 0.3) is 0 Å². The Morgan fingerprint density at radius 2 is 0.596 bits per heavy atom. The van der Waals surface area contributed by atoms with E-state index in [1.807, 2.05) is 41.5 Å². The van der Waals surface area contributed by atoms with E-state index in [1.54, 1.807) is 0 Å². The van der Waals surface area contributed by atoms with Gasteiger partial charge >= 0.3 is 0 Å². The maximum absolute atomic E-state index is 5.44. The van der Waals surface area contributed by atoms with Crippen molar-refractivity contribution in [1.29, 1.82) is 0 Å². The molecule has 0 aromatic rings. The van der Waals surface area contributed by atoms with E-state index in [-0.39, 0.29) is 0 Å². The first-order valence-electron chi connectivity index (χ1n) is 22.4. The predicted octanol–water partition coefficient (Wildman–Crippen LogP) is 6.31. The van der Waals surface area contributed by atoms with Gasteiger partial charge in [-0.1, -0.05) is 89.5 Å². The van der Waals surface area contributed by atoms with Crippen molar-refractivity contribution < 1.29 is 56.8 Å². The van der Waals surface area contributed by atoms with Crippen LogP contribution in [0, 0.1) is 5.92 Å². The maximum atomic E-state index is 5.44. The fourth-order valence-corrected chi connectivity index (χ4v) is 3.61. The van der Waals surface area contributed by atoms with Crippen molar-refractivity contribution in [2.75, 3.05) is 178 Å². The summed E-state index contributed by atoms with van der Waals surface area (Å²) in [5.41, 5.74) is 0. The molecule has 0 aromatic heterocycles. The van der Waals surface area contributed by atoms with E-state index in [1.165, 1.54) is 0 Å². The lowest BCUT2D eigenvalue weighted by Gasteiger charge is -2.09. The summed E-state index contributed by atoms with van der Waals surface area (Å²) in [5.74, 6) is 0.564. The first-order chi connectivity index (χ1) is 28.0. The number of unbranched alkanes of at least 4 members (excludes halogenated alkanes) is 1. The van der Waals surface area contributed by atoms with Crippen molar-refractivity contribution >= 4 is 0 Å². The molecular formula is C43H98N2O12. The second kappa shape index (κ2) is 70.0. The van der Waals surface area contributed by atoms with Gasteiger partial charge in [0.2, 0.25) is 0 Å². The molecule has 0 fully saturated rings. The van der Waals surface area contributed by atoms with Crippen LogP contribution < -0.4 is 10.6 Å². The highest BCUT2D eigenvalue weighted by atomic mass is 16.6. The molecule has 0 heterocycles. The van der Waals surface area contributed by atoms with Crippen LogP contribution in [0.5, 0.6) is 0 Å². The van der Waals surface area contributed by atoms with Crippen LogP contribution in [0.15, 0.2) is 0 Å². The minimum absolute atomic E-state index is 0.498. The quantitative estimate of drug-likeness (QED) is 0.0665. The van der Waals surface area contributed by atoms with Crippen LogP contribution in [-0.2, 0) is 56.8 Å². The number of hydrogen-bond donors (Lipinski definition) is 2. The lowest BCUT2D eigenvalue weighted by atomic mass is 10.2. The molecule has 352 valence electrons. The second-order valence-corrected chi connectivity index (χ2v) is 12.0. The molecule has 2 N–H and O–H groups in total. The lowest BCUT2D eigenvalue weighted by Crippen LogP contribution is -2.27. The maximum Gasteiger partial charge on any atom is 0.0701 e. The first kappa shape index (κ1) is 65.6. The lowest BCUT2D eigenvalue weighted by molar-refractivity contribution is -0.0177. The SMILES string of the molecule is CC.CC.CC.CC(C)COCCOCCOCCOCCOCCOCCNC(C)C.CCCCOCCOCCOCCOCCOCCOCCNCC. The molecule has 0 aliphatic carbocycles. The molecule has 0 spiro atoms. The van der Waals surface area contributed by atoms with Gasteiger partial charge in [0, 0.05) is 32.3 Å². The van der Waals surface area contributed by atoms with Crippen molar-refractivity contribution in [3.63, 3.8) is 0 Å². The van der Waals surface area contributed by atoms with Gasteiger partial charge in [0.1, 0.15) is 0 Å². The zero-order chi connectivity index (χ0) is 43.6. The van der Waals surface area contributed by atoms with Crippen LogP contribution in [-0.4, -0.2) is 184 Å². The Hall–Kier alpha value is -0.560. The molecule has 0 saturated heterocycles. The summed E-state index contributed by atoms with van der Waals surface area (Å²) in [6, 6.07) is 0.498. The molecule has 14 nitrogen and oxygen atoms in total. The molecular weight excluding hydrogens is 736 g/mol. The fourth-order valence-electron chi connectivity index (χ4n) is 3.61. The Morgan fingerprint density at radius 1 is 0.333 bits per heavy atom. The van der Waals surface area contributed by atoms with Crippen molar-refractivity contribution in [3.8, 4) is 0 Å². The van der Waals surface area contributed by atoms with E-state index < -0.39 is 0 Å². The van der Waals surface area contributed by atoms with Crippen LogP contribution in [0.4, 0.5) is 0 Å². The van der Waals surface area contributed by atoms with E-state index >= 15 is 0 Å². The summed E-state index contributed by atoms with van der Waals surface area (Å²) in [7, 11) is 0. The Labute approximate surface area is 353 Å². The summed E-state index contributed by atoms with van der Waals surface area (Å²) in [6.45, 7) is 42.4. The molecule has 0 atom stereocenters. The number of rotatable bonds is 43. The first-order valence-corrected chi connectivity index (χ1v) is 22.4. The van der Waals surface area contributed by atoms with Gasteiger partial charge in [0.05, 0.1) is 145 Å². The Kier molecular flexibility index (Phi) is 80.5. The highest BCUT2D eigenvalue weighted by Crippen LogP contribution is 1.92. The van der Waals surface area contributed by atoms with Gasteiger partial charge in [0.15, 0.2) is 0 Å². The van der Waals surface area contributed by atoms with E-state index in [4.69, 9.17) is 56.8 Å². The van der Waals surface area contributed by atoms with Crippen LogP contribution in [0.25, 0.3) is 0 Å². The second-order valence-electron chi connectivity index (χ2n) is 12.0. The van der Waals surface area contributed by atoms with Crippen molar-refractivity contribution in [2.24, 2.45) is 5.92 Å². The van der Waals surface area contributed by atoms with E-state index in [0.29, 0.717) is 151 Å². The predicted molar refractivity (Wildman–Crippen MR) is 235 cm³/mol. The van der Waals surface area contributed by atoms with Crippen LogP contribution in [0.1, 0.15) is 95.9 Å². The third-order valence-corrected chi connectivity index (χ3v) is 6.29. The summed E-state index contributed by atoms with van der Waals surface area (Å²) in [4.78, 5) is 0. The van der Waals surface area contributed by atoms with Gasteiger partial charge < -0.3 is 67.5 Å². The Bertz CT molecular complexity index is 552. The summed E-state index contributed by atoms with van der Waals surface area (Å²) in [5, 5.41) is 6.49. The van der Waals surface area contributed by atoms with Crippen LogP contribution >= 0.6 is 0 Å². The van der Waals surface area contributed by atoms with Crippen molar-refractivity contribution in [1.82, 2.24) is 10.6 Å². The molecule has 0 unspecified atom stereocenters. The van der Waals surface area contributed by atoms with E-state index in [0.717, 1.165) is 52.3 Å². The Balaban J connectivity index is -0.000000279. The molecule has 0 saturated carbocycles. The molecule has 0 aromatic carbocycles. The standard InChI is InChI=1S/C19H41NO6.C18H39NO6.3C2H6/c1-18(2)17-26-16-15-25-14-13-24-12-11-23-10-9-22-8-7-21-6-5-20-19(3)4;1-3-5-7-20-9-11-22-13-15-24-17-18-25-16-14-23-12-10-21-8-6-19-4-2;3*1-2/h18-20H,5-17H2,1-4H3;19H,3-18H2,1-2H3;3*1-2H3. The molecule has 14 heteroatoms. The third-order valence-electron chi connectivity index (χ3n) is 6.29. The van der Waals surface area contributed by atoms with Gasteiger partial charge in [-0.15, -0.1) is 0 Å². The average Bonchev–Trinajstić information content (AvgIpc) is 3.23. The highest BCUT2D eigenvalue weighted by molar-refractivity contribution is 4.51. The van der Waals surface area contributed by atoms with Crippen molar-refractivity contribution in [2.45, 2.75) is 102 Å². The minimum atomic E-state index is 0.498. The van der Waals surface area contributed by atoms with Gasteiger partial charge in [-0.25, -0.2) is 0 Å². The number of likely N-dealkylation sites (N-methyl/N-ethyl adjacent to an activating group) is 1. The topological polar surface area (TPSA) is 135 Å². The minimum Gasteiger partial charge on any atom is -0.379 e. The normalized spacial score (nSPS) is 10.6. The third kappa shape index (κ3) is 80.2. The molecule has 0 aliphatic rings. The number of ether oxygens (including phenoxy) is 12. The molecule has 0 radical (unpaired) electrons. The molecule has 57 heavy (non-hydrogen) atoms. The van der Waals surface area contributed by atoms with Crippen LogP contribution in [0.2, 0.25) is 0 Å². The molecule has 0 rings (SSSR count). The smallest absolute Gasteiger partial charge is 0.0701 e. The highest BCUT2D eigenvalue weighted by Gasteiger charge is 1.97. The number of hydrogen-bond acceptors (Lipinski definition) is 14. The van der Waals surface area contributed by atoms with E-state index in [9.17, 15) is 0 Å². The van der Waals surface area contributed by atoms with E-state index in [2.05, 4.69) is 52.2 Å². The zero-order valence-corrected chi connectivity index (χ0v) is 39.6. The van der Waals surface area contributed by atoms with Gasteiger partial charge in [-0.3, -0.25) is 0 Å². The summed E-state index contributed by atoms with van der Waals surface area (Å²) < 4.78 is 65.0. The number of nitrogens with one attached hydrogen (secondary N) is 2. The van der Waals surface area contributed by atoms with Crippen molar-refractivity contribution in [3.05, 3.63) is 0 Å². The largest absolute Gasteiger partial charge is 0.379 e. The summed E-state index contributed by atoms with van der Waals surface area (Å²) in [6.07, 6.45) is 2.27. The Morgan fingerprint density at radius 3 is 0.860 bits per heavy atom. The zero-order valence-electron chi connectivity index (χ0n) is 39.6. The molecule has 0 amide bonds. The molecule has 0 bridgehead atoms. The monoisotopic (exact) mass is 835 g/mol. The van der Waals surface area contributed by atoms with Crippen LogP contribution in [0.3, 0.4) is 0 Å². The van der Waals surface area contributed by atoms with Gasteiger partial charge in [-0.2, -0.15) is 0 Å². The van der Waals surface area contributed by atoms with Gasteiger partial charge in [-0.05, 0) is 18.9 Å². The fraction of sp³-hybridized carbons (Fsp3) is 1.00.